The first-order valence-electron chi connectivity index (χ1n) is 9.65. The summed E-state index contributed by atoms with van der Waals surface area (Å²) < 4.78 is 0. The van der Waals surface area contributed by atoms with Crippen molar-refractivity contribution in [3.63, 3.8) is 0 Å². The fourth-order valence-corrected chi connectivity index (χ4v) is 6.81. The average Bonchev–Trinajstić information content (AvgIpc) is 2.83. The molecule has 4 aliphatic rings. The summed E-state index contributed by atoms with van der Waals surface area (Å²) in [7, 11) is 0. The Bertz CT molecular complexity index is 589. The summed E-state index contributed by atoms with van der Waals surface area (Å²) in [5, 5.41) is 0. The lowest BCUT2D eigenvalue weighted by Crippen LogP contribution is -2.51. The molecule has 4 aliphatic carbocycles. The summed E-state index contributed by atoms with van der Waals surface area (Å²) in [6.07, 6.45) is 10.4. The summed E-state index contributed by atoms with van der Waals surface area (Å²) in [6, 6.07) is 0. The molecule has 0 N–H and O–H groups in total. The zero-order valence-electron chi connectivity index (χ0n) is 14.9. The zero-order valence-corrected chi connectivity index (χ0v) is 14.9. The van der Waals surface area contributed by atoms with Gasteiger partial charge in [-0.3, -0.25) is 9.59 Å². The number of carbonyl (C=O) groups is 2. The van der Waals surface area contributed by atoms with E-state index in [9.17, 15) is 9.59 Å². The van der Waals surface area contributed by atoms with Gasteiger partial charge in [-0.1, -0.05) is 32.4 Å². The van der Waals surface area contributed by atoms with Gasteiger partial charge in [-0.2, -0.15) is 0 Å². The van der Waals surface area contributed by atoms with Crippen LogP contribution in [0.3, 0.4) is 0 Å². The van der Waals surface area contributed by atoms with Crippen LogP contribution >= 0.6 is 0 Å². The average molecular weight is 314 g/mol. The van der Waals surface area contributed by atoms with Gasteiger partial charge in [0.2, 0.25) is 0 Å². The molecule has 0 aliphatic heterocycles. The van der Waals surface area contributed by atoms with Gasteiger partial charge in [-0.25, -0.2) is 0 Å². The molecule has 0 amide bonds. The standard InChI is InChI=1S/C21H30O2/c1-4-13-12-21(3)14(11-18(13)22)5-6-15-16-7-8-19(23)20(16,2)10-9-17(15)21/h5,13,15-17H,4,6-12H2,1-3H3/t13?,15-,16-,17+,20-,21-/m0/s1. The highest BCUT2D eigenvalue weighted by Crippen LogP contribution is 2.64. The third kappa shape index (κ3) is 1.99. The van der Waals surface area contributed by atoms with Gasteiger partial charge >= 0.3 is 0 Å². The third-order valence-electron chi connectivity index (χ3n) is 8.32. The van der Waals surface area contributed by atoms with Crippen molar-refractivity contribution >= 4 is 11.6 Å². The maximum atomic E-state index is 12.4. The van der Waals surface area contributed by atoms with Crippen LogP contribution in [0.15, 0.2) is 11.6 Å². The van der Waals surface area contributed by atoms with E-state index in [0.717, 1.165) is 38.5 Å². The molecule has 4 rings (SSSR count). The van der Waals surface area contributed by atoms with E-state index < -0.39 is 0 Å². The molecule has 0 saturated heterocycles. The maximum absolute atomic E-state index is 12.4. The fraction of sp³-hybridized carbons (Fsp3) is 0.810. The smallest absolute Gasteiger partial charge is 0.140 e. The first-order valence-corrected chi connectivity index (χ1v) is 9.65. The second kappa shape index (κ2) is 5.04. The van der Waals surface area contributed by atoms with Gasteiger partial charge in [0.1, 0.15) is 11.6 Å². The lowest BCUT2D eigenvalue weighted by molar-refractivity contribution is -0.133. The summed E-state index contributed by atoms with van der Waals surface area (Å²) in [4.78, 5) is 24.8. The Morgan fingerprint density at radius 3 is 2.61 bits per heavy atom. The van der Waals surface area contributed by atoms with Crippen molar-refractivity contribution in [3.8, 4) is 0 Å². The van der Waals surface area contributed by atoms with Gasteiger partial charge in [0, 0.05) is 24.2 Å². The second-order valence-corrected chi connectivity index (χ2v) is 9.13. The van der Waals surface area contributed by atoms with Crippen LogP contribution in [0, 0.1) is 34.5 Å². The third-order valence-corrected chi connectivity index (χ3v) is 8.32. The molecule has 6 atom stereocenters. The van der Waals surface area contributed by atoms with Gasteiger partial charge in [0.25, 0.3) is 0 Å². The van der Waals surface area contributed by atoms with Crippen LogP contribution in [0.1, 0.15) is 72.1 Å². The Labute approximate surface area is 140 Å². The van der Waals surface area contributed by atoms with Gasteiger partial charge in [0.05, 0.1) is 0 Å². The number of hydrogen-bond acceptors (Lipinski definition) is 2. The van der Waals surface area contributed by atoms with Crippen molar-refractivity contribution in [2.24, 2.45) is 34.5 Å². The van der Waals surface area contributed by atoms with Crippen molar-refractivity contribution in [3.05, 3.63) is 11.6 Å². The van der Waals surface area contributed by atoms with E-state index in [2.05, 4.69) is 26.8 Å². The van der Waals surface area contributed by atoms with E-state index in [0.29, 0.717) is 35.7 Å². The maximum Gasteiger partial charge on any atom is 0.140 e. The first kappa shape index (κ1) is 15.6. The quantitative estimate of drug-likeness (QED) is 0.656. The molecule has 0 aromatic carbocycles. The van der Waals surface area contributed by atoms with Crippen LogP contribution in [0.4, 0.5) is 0 Å². The number of Topliss-reactive ketones (excluding diaryl/α,β-unsaturated/α-hetero) is 2. The zero-order chi connectivity index (χ0) is 16.4. The lowest BCUT2D eigenvalue weighted by Gasteiger charge is -2.57. The van der Waals surface area contributed by atoms with Gasteiger partial charge in [-0.15, -0.1) is 0 Å². The monoisotopic (exact) mass is 314 g/mol. The fourth-order valence-electron chi connectivity index (χ4n) is 6.81. The molecule has 3 fully saturated rings. The highest BCUT2D eigenvalue weighted by molar-refractivity contribution is 5.87. The normalized spacial score (nSPS) is 49.3. The Hall–Kier alpha value is -0.920. The molecule has 0 heterocycles. The number of fused-ring (bicyclic) bond motifs is 5. The number of ketones is 2. The molecule has 0 radical (unpaired) electrons. The number of allylic oxidation sites excluding steroid dienone is 2. The Balaban J connectivity index is 1.70. The molecule has 0 spiro atoms. The summed E-state index contributed by atoms with van der Waals surface area (Å²) in [5.74, 6) is 3.18. The molecule has 0 aromatic heterocycles. The minimum absolute atomic E-state index is 0.0441. The van der Waals surface area contributed by atoms with E-state index in [4.69, 9.17) is 0 Å². The van der Waals surface area contributed by atoms with Crippen LogP contribution in [-0.2, 0) is 9.59 Å². The van der Waals surface area contributed by atoms with Crippen molar-refractivity contribution in [1.29, 1.82) is 0 Å². The van der Waals surface area contributed by atoms with Crippen LogP contribution in [0.5, 0.6) is 0 Å². The van der Waals surface area contributed by atoms with E-state index in [1.165, 1.54) is 12.0 Å². The molecule has 2 nitrogen and oxygen atoms in total. The molecule has 23 heavy (non-hydrogen) atoms. The molecule has 0 aromatic rings. The number of carbonyl (C=O) groups excluding carboxylic acids is 2. The van der Waals surface area contributed by atoms with Crippen molar-refractivity contribution in [2.45, 2.75) is 72.1 Å². The number of hydrogen-bond donors (Lipinski definition) is 0. The van der Waals surface area contributed by atoms with E-state index in [-0.39, 0.29) is 16.7 Å². The molecule has 3 saturated carbocycles. The summed E-state index contributed by atoms with van der Waals surface area (Å²) in [6.45, 7) is 6.84. The van der Waals surface area contributed by atoms with E-state index in [1.54, 1.807) is 0 Å². The molecule has 1 unspecified atom stereocenters. The molecular formula is C21H30O2. The SMILES string of the molecule is CCC1C[C@@]2(C)C(=CC[C@@H]3[C@H]2CC[C@]2(C)C(=O)CC[C@@H]32)CC1=O. The topological polar surface area (TPSA) is 34.1 Å². The van der Waals surface area contributed by atoms with E-state index in [1.807, 2.05) is 0 Å². The summed E-state index contributed by atoms with van der Waals surface area (Å²) in [5.41, 5.74) is 1.60. The number of rotatable bonds is 1. The second-order valence-electron chi connectivity index (χ2n) is 9.13. The molecule has 2 heteroatoms. The van der Waals surface area contributed by atoms with Crippen molar-refractivity contribution in [2.75, 3.05) is 0 Å². The predicted octanol–water partition coefficient (Wildman–Crippen LogP) is 4.72. The first-order chi connectivity index (χ1) is 10.9. The van der Waals surface area contributed by atoms with Crippen LogP contribution in [-0.4, -0.2) is 11.6 Å². The molecular weight excluding hydrogens is 284 g/mol. The van der Waals surface area contributed by atoms with Gasteiger partial charge in [0.15, 0.2) is 0 Å². The Morgan fingerprint density at radius 2 is 1.87 bits per heavy atom. The predicted molar refractivity (Wildman–Crippen MR) is 90.9 cm³/mol. The van der Waals surface area contributed by atoms with Crippen molar-refractivity contribution in [1.82, 2.24) is 0 Å². The summed E-state index contributed by atoms with van der Waals surface area (Å²) >= 11 is 0. The van der Waals surface area contributed by atoms with E-state index >= 15 is 0 Å². The Morgan fingerprint density at radius 1 is 1.13 bits per heavy atom. The van der Waals surface area contributed by atoms with Crippen LogP contribution < -0.4 is 0 Å². The highest BCUT2D eigenvalue weighted by Gasteiger charge is 2.59. The van der Waals surface area contributed by atoms with Gasteiger partial charge < -0.3 is 0 Å². The Kier molecular flexibility index (Phi) is 3.42. The van der Waals surface area contributed by atoms with Crippen LogP contribution in [0.25, 0.3) is 0 Å². The van der Waals surface area contributed by atoms with Gasteiger partial charge in [-0.05, 0) is 61.7 Å². The largest absolute Gasteiger partial charge is 0.299 e. The van der Waals surface area contributed by atoms with Crippen molar-refractivity contribution < 1.29 is 9.59 Å². The lowest BCUT2D eigenvalue weighted by atomic mass is 9.47. The molecule has 0 bridgehead atoms. The minimum atomic E-state index is -0.0441. The highest BCUT2D eigenvalue weighted by atomic mass is 16.1. The minimum Gasteiger partial charge on any atom is -0.299 e. The molecule has 126 valence electrons. The van der Waals surface area contributed by atoms with Crippen LogP contribution in [0.2, 0.25) is 0 Å².